The molecule has 1 fully saturated rings. The maximum Gasteiger partial charge on any atom is -0.000835 e. The minimum Gasteiger partial charge on any atom is -0.316 e. The van der Waals surface area contributed by atoms with Crippen molar-refractivity contribution in [3.8, 4) is 0 Å². The van der Waals surface area contributed by atoms with Crippen LogP contribution >= 0.6 is 0 Å². The van der Waals surface area contributed by atoms with E-state index in [1.165, 1.54) is 50.6 Å². The summed E-state index contributed by atoms with van der Waals surface area (Å²) in [6, 6.07) is 10.8. The van der Waals surface area contributed by atoms with E-state index >= 15 is 0 Å². The normalized spacial score (nSPS) is 17.2. The molecule has 0 atom stereocenters. The molecule has 1 nitrogen and oxygen atoms in total. The van der Waals surface area contributed by atoms with Crippen molar-refractivity contribution in [2.24, 2.45) is 5.92 Å². The van der Waals surface area contributed by atoms with Gasteiger partial charge in [-0.2, -0.15) is 0 Å². The predicted octanol–water partition coefficient (Wildman–Crippen LogP) is 3.79. The van der Waals surface area contributed by atoms with Gasteiger partial charge in [0.1, 0.15) is 0 Å². The van der Waals surface area contributed by atoms with Gasteiger partial charge in [-0.05, 0) is 37.4 Å². The van der Waals surface area contributed by atoms with Crippen molar-refractivity contribution in [1.29, 1.82) is 0 Å². The summed E-state index contributed by atoms with van der Waals surface area (Å²) in [5.74, 6) is 1.01. The van der Waals surface area contributed by atoms with E-state index in [-0.39, 0.29) is 0 Å². The Morgan fingerprint density at radius 1 is 0.941 bits per heavy atom. The summed E-state index contributed by atoms with van der Waals surface area (Å²) < 4.78 is 0. The van der Waals surface area contributed by atoms with Gasteiger partial charge in [0.05, 0.1) is 0 Å². The molecule has 0 radical (unpaired) electrons. The lowest BCUT2D eigenvalue weighted by Gasteiger charge is -2.21. The molecule has 1 aliphatic carbocycles. The first-order valence-electron chi connectivity index (χ1n) is 7.20. The Bertz CT molecular complexity index is 288. The lowest BCUT2D eigenvalue weighted by Crippen LogP contribution is -2.21. The van der Waals surface area contributed by atoms with Crippen LogP contribution in [0.2, 0.25) is 0 Å². The molecular formula is C16H25N. The highest BCUT2D eigenvalue weighted by Gasteiger charge is 2.12. The van der Waals surface area contributed by atoms with Crippen LogP contribution in [0.3, 0.4) is 0 Å². The van der Waals surface area contributed by atoms with E-state index in [1.54, 1.807) is 0 Å². The first-order valence-corrected chi connectivity index (χ1v) is 7.20. The third-order valence-electron chi connectivity index (χ3n) is 3.89. The molecule has 0 unspecified atom stereocenters. The van der Waals surface area contributed by atoms with Gasteiger partial charge < -0.3 is 5.32 Å². The summed E-state index contributed by atoms with van der Waals surface area (Å²) in [6.07, 6.45) is 9.89. The molecule has 0 aromatic heterocycles. The van der Waals surface area contributed by atoms with Gasteiger partial charge in [-0.3, -0.25) is 0 Å². The summed E-state index contributed by atoms with van der Waals surface area (Å²) in [4.78, 5) is 0. The van der Waals surface area contributed by atoms with E-state index < -0.39 is 0 Å². The molecule has 1 saturated carbocycles. The first-order chi connectivity index (χ1) is 8.45. The van der Waals surface area contributed by atoms with Gasteiger partial charge in [-0.1, -0.05) is 62.4 Å². The molecule has 0 amide bonds. The van der Waals surface area contributed by atoms with Crippen LogP contribution in [-0.2, 0) is 6.42 Å². The maximum absolute atomic E-state index is 3.58. The van der Waals surface area contributed by atoms with E-state index in [4.69, 9.17) is 0 Å². The van der Waals surface area contributed by atoms with Crippen molar-refractivity contribution in [1.82, 2.24) is 5.32 Å². The quantitative estimate of drug-likeness (QED) is 0.735. The molecule has 0 saturated heterocycles. The van der Waals surface area contributed by atoms with Gasteiger partial charge in [0.15, 0.2) is 0 Å². The SMILES string of the molecule is c1ccc(CCNCCC2CCCCC2)cc1. The van der Waals surface area contributed by atoms with Crippen molar-refractivity contribution in [2.45, 2.75) is 44.9 Å². The molecule has 94 valence electrons. The zero-order valence-electron chi connectivity index (χ0n) is 10.8. The summed E-state index contributed by atoms with van der Waals surface area (Å²) in [5, 5.41) is 3.58. The summed E-state index contributed by atoms with van der Waals surface area (Å²) in [7, 11) is 0. The second-order valence-corrected chi connectivity index (χ2v) is 5.28. The van der Waals surface area contributed by atoms with Crippen molar-refractivity contribution in [3.63, 3.8) is 0 Å². The number of rotatable bonds is 6. The fourth-order valence-corrected chi connectivity index (χ4v) is 2.78. The number of benzene rings is 1. The second-order valence-electron chi connectivity index (χ2n) is 5.28. The number of nitrogens with one attached hydrogen (secondary N) is 1. The van der Waals surface area contributed by atoms with E-state index in [2.05, 4.69) is 35.6 Å². The van der Waals surface area contributed by atoms with Gasteiger partial charge in [-0.15, -0.1) is 0 Å². The predicted molar refractivity (Wildman–Crippen MR) is 74.2 cm³/mol. The summed E-state index contributed by atoms with van der Waals surface area (Å²) in [5.41, 5.74) is 1.44. The van der Waals surface area contributed by atoms with Crippen LogP contribution in [0, 0.1) is 5.92 Å². The zero-order chi connectivity index (χ0) is 11.8. The largest absolute Gasteiger partial charge is 0.316 e. The average Bonchev–Trinajstić information content (AvgIpc) is 2.41. The van der Waals surface area contributed by atoms with Crippen LogP contribution < -0.4 is 5.32 Å². The van der Waals surface area contributed by atoms with Crippen LogP contribution in [0.5, 0.6) is 0 Å². The third-order valence-corrected chi connectivity index (χ3v) is 3.89. The highest BCUT2D eigenvalue weighted by Crippen LogP contribution is 2.25. The van der Waals surface area contributed by atoms with Crippen LogP contribution in [0.15, 0.2) is 30.3 Å². The maximum atomic E-state index is 3.58. The molecule has 0 bridgehead atoms. The van der Waals surface area contributed by atoms with Crippen LogP contribution in [0.1, 0.15) is 44.1 Å². The Morgan fingerprint density at radius 3 is 2.47 bits per heavy atom. The Balaban J connectivity index is 1.51. The Labute approximate surface area is 106 Å². The molecule has 17 heavy (non-hydrogen) atoms. The molecule has 1 N–H and O–H groups in total. The second kappa shape index (κ2) is 7.50. The lowest BCUT2D eigenvalue weighted by molar-refractivity contribution is 0.334. The Hall–Kier alpha value is -0.820. The lowest BCUT2D eigenvalue weighted by atomic mass is 9.87. The van der Waals surface area contributed by atoms with Crippen molar-refractivity contribution in [3.05, 3.63) is 35.9 Å². The molecule has 1 aromatic carbocycles. The monoisotopic (exact) mass is 231 g/mol. The smallest absolute Gasteiger partial charge is 0.000835 e. The van der Waals surface area contributed by atoms with E-state index in [0.29, 0.717) is 0 Å². The fourth-order valence-electron chi connectivity index (χ4n) is 2.78. The molecule has 1 aliphatic rings. The van der Waals surface area contributed by atoms with Crippen molar-refractivity contribution in [2.75, 3.05) is 13.1 Å². The van der Waals surface area contributed by atoms with Crippen molar-refractivity contribution < 1.29 is 0 Å². The Morgan fingerprint density at radius 2 is 1.71 bits per heavy atom. The highest BCUT2D eigenvalue weighted by atomic mass is 14.8. The van der Waals surface area contributed by atoms with Gasteiger partial charge in [0.2, 0.25) is 0 Å². The molecule has 0 spiro atoms. The molecule has 1 heteroatoms. The molecule has 0 aliphatic heterocycles. The molecule has 1 aromatic rings. The zero-order valence-corrected chi connectivity index (χ0v) is 10.8. The van der Waals surface area contributed by atoms with Gasteiger partial charge in [0, 0.05) is 0 Å². The molecule has 0 heterocycles. The first kappa shape index (κ1) is 12.6. The number of hydrogen-bond donors (Lipinski definition) is 1. The van der Waals surface area contributed by atoms with Gasteiger partial charge in [0.25, 0.3) is 0 Å². The van der Waals surface area contributed by atoms with E-state index in [1.807, 2.05) is 0 Å². The Kier molecular flexibility index (Phi) is 5.57. The highest BCUT2D eigenvalue weighted by molar-refractivity contribution is 5.14. The van der Waals surface area contributed by atoms with Gasteiger partial charge in [-0.25, -0.2) is 0 Å². The average molecular weight is 231 g/mol. The van der Waals surface area contributed by atoms with E-state index in [0.717, 1.165) is 18.9 Å². The number of hydrogen-bond acceptors (Lipinski definition) is 1. The van der Waals surface area contributed by atoms with Crippen LogP contribution in [0.4, 0.5) is 0 Å². The fraction of sp³-hybridized carbons (Fsp3) is 0.625. The van der Waals surface area contributed by atoms with E-state index in [9.17, 15) is 0 Å². The summed E-state index contributed by atoms with van der Waals surface area (Å²) in [6.45, 7) is 2.33. The van der Waals surface area contributed by atoms with Crippen LogP contribution in [-0.4, -0.2) is 13.1 Å². The standard InChI is InChI=1S/C16H25N/c1-3-7-15(8-4-1)11-13-17-14-12-16-9-5-2-6-10-16/h1,3-4,7-8,16-17H,2,5-6,9-14H2. The van der Waals surface area contributed by atoms with Crippen LogP contribution in [0.25, 0.3) is 0 Å². The summed E-state index contributed by atoms with van der Waals surface area (Å²) >= 11 is 0. The minimum atomic E-state index is 1.01. The topological polar surface area (TPSA) is 12.0 Å². The van der Waals surface area contributed by atoms with Gasteiger partial charge >= 0.3 is 0 Å². The molecular weight excluding hydrogens is 206 g/mol. The third kappa shape index (κ3) is 4.91. The molecule has 2 rings (SSSR count). The minimum absolute atomic E-state index is 1.01. The van der Waals surface area contributed by atoms with Crippen molar-refractivity contribution >= 4 is 0 Å².